The quantitative estimate of drug-likeness (QED) is 0.178. The summed E-state index contributed by atoms with van der Waals surface area (Å²) in [4.78, 5) is 15.0. The molecular formula is C61H41N3. The topological polar surface area (TPSA) is 38.7 Å². The summed E-state index contributed by atoms with van der Waals surface area (Å²) in [6, 6.07) is 73.7. The van der Waals surface area contributed by atoms with Crippen molar-refractivity contribution in [1.29, 1.82) is 0 Å². The smallest absolute Gasteiger partial charge is 0.160 e. The van der Waals surface area contributed by atoms with Crippen LogP contribution in [0.15, 0.2) is 213 Å². The van der Waals surface area contributed by atoms with Crippen LogP contribution in [0.25, 0.3) is 89.5 Å². The highest BCUT2D eigenvalue weighted by Gasteiger charge is 2.51. The van der Waals surface area contributed by atoms with Crippen LogP contribution in [-0.4, -0.2) is 15.0 Å². The predicted molar refractivity (Wildman–Crippen MR) is 261 cm³/mol. The van der Waals surface area contributed by atoms with Gasteiger partial charge in [-0.1, -0.05) is 184 Å². The summed E-state index contributed by atoms with van der Waals surface area (Å²) in [5.41, 5.74) is 24.3. The first-order valence-corrected chi connectivity index (χ1v) is 22.2. The molecule has 3 heteroatoms. The van der Waals surface area contributed by atoms with Crippen molar-refractivity contribution in [2.75, 3.05) is 0 Å². The zero-order valence-electron chi connectivity index (χ0n) is 35.5. The van der Waals surface area contributed by atoms with Crippen LogP contribution in [0.3, 0.4) is 0 Å². The van der Waals surface area contributed by atoms with E-state index in [1.165, 1.54) is 77.9 Å². The van der Waals surface area contributed by atoms with Gasteiger partial charge in [0.15, 0.2) is 5.82 Å². The highest BCUT2D eigenvalue weighted by molar-refractivity contribution is 5.99. The van der Waals surface area contributed by atoms with Gasteiger partial charge in [0.2, 0.25) is 0 Å². The Morgan fingerprint density at radius 3 is 1.47 bits per heavy atom. The maximum absolute atomic E-state index is 5.40. The van der Waals surface area contributed by atoms with Crippen molar-refractivity contribution in [2.45, 2.75) is 24.7 Å². The van der Waals surface area contributed by atoms with E-state index in [-0.39, 0.29) is 5.41 Å². The van der Waals surface area contributed by atoms with Gasteiger partial charge in [0.1, 0.15) is 0 Å². The molecule has 3 nitrogen and oxygen atoms in total. The van der Waals surface area contributed by atoms with E-state index in [1.54, 1.807) is 0 Å². The number of aromatic nitrogens is 3. The summed E-state index contributed by atoms with van der Waals surface area (Å²) >= 11 is 0. The van der Waals surface area contributed by atoms with E-state index in [2.05, 4.69) is 207 Å². The second-order valence-electron chi connectivity index (χ2n) is 17.9. The van der Waals surface area contributed by atoms with Crippen LogP contribution in [-0.2, 0) is 10.8 Å². The summed E-state index contributed by atoms with van der Waals surface area (Å²) in [7, 11) is 0. The van der Waals surface area contributed by atoms with Crippen LogP contribution in [0.2, 0.25) is 0 Å². The van der Waals surface area contributed by atoms with Gasteiger partial charge in [-0.05, 0) is 119 Å². The Balaban J connectivity index is 1.10. The standard InChI is InChI=1S/C61H41N3/c1-60(2)51-23-11-8-21-46(51)49-35-56-50(34-54(49)60)47-22-10-13-25-53(47)61(56)52-24-12-9-20-45(52)43-18-6-7-19-44(43)48-31-30-41(33-55(48)61)58-36-57(63-59(64-58)40-15-4-3-5-16-40)39-28-26-38(27-29-39)42-17-14-32-62-37-42/h3-37H,1-2H3. The second-order valence-corrected chi connectivity index (χ2v) is 17.9. The molecule has 10 aromatic rings. The highest BCUT2D eigenvalue weighted by atomic mass is 14.9. The van der Waals surface area contributed by atoms with Crippen LogP contribution in [0.1, 0.15) is 47.2 Å². The molecule has 3 aliphatic rings. The molecule has 8 aromatic carbocycles. The Hall–Kier alpha value is -8.01. The molecule has 1 spiro atoms. The molecular weight excluding hydrogens is 775 g/mol. The fourth-order valence-corrected chi connectivity index (χ4v) is 11.3. The summed E-state index contributed by atoms with van der Waals surface area (Å²) < 4.78 is 0. The monoisotopic (exact) mass is 815 g/mol. The SMILES string of the molecule is CC1(C)c2ccccc2-c2cc3c(cc21)-c1ccccc1C31c2ccccc2-c2ccccc2-c2ccc(-c3cc(-c4ccc(-c5cccnc5)cc4)nc(-c4ccccc4)n3)cc21. The van der Waals surface area contributed by atoms with Crippen molar-refractivity contribution in [3.8, 4) is 89.5 Å². The Morgan fingerprint density at radius 1 is 0.312 bits per heavy atom. The molecule has 0 amide bonds. The Morgan fingerprint density at radius 2 is 0.797 bits per heavy atom. The van der Waals surface area contributed by atoms with Gasteiger partial charge in [-0.3, -0.25) is 4.98 Å². The summed E-state index contributed by atoms with van der Waals surface area (Å²) in [6.07, 6.45) is 3.71. The zero-order chi connectivity index (χ0) is 42.6. The fraction of sp³-hybridized carbons (Fsp3) is 0.0656. The third-order valence-corrected chi connectivity index (χ3v) is 14.2. The Kier molecular flexibility index (Phi) is 7.87. The summed E-state index contributed by atoms with van der Waals surface area (Å²) in [5, 5.41) is 0. The van der Waals surface area contributed by atoms with Gasteiger partial charge in [0.05, 0.1) is 16.8 Å². The van der Waals surface area contributed by atoms with Gasteiger partial charge in [-0.15, -0.1) is 0 Å². The Labute approximate surface area is 373 Å². The van der Waals surface area contributed by atoms with E-state index in [4.69, 9.17) is 9.97 Å². The van der Waals surface area contributed by atoms with Crippen LogP contribution < -0.4 is 0 Å². The van der Waals surface area contributed by atoms with Crippen LogP contribution in [0, 0.1) is 0 Å². The summed E-state index contributed by atoms with van der Waals surface area (Å²) in [6.45, 7) is 4.77. The van der Waals surface area contributed by atoms with Crippen molar-refractivity contribution in [3.05, 3.63) is 246 Å². The van der Waals surface area contributed by atoms with Crippen molar-refractivity contribution >= 4 is 0 Å². The van der Waals surface area contributed by atoms with Gasteiger partial charge >= 0.3 is 0 Å². The number of pyridine rings is 1. The van der Waals surface area contributed by atoms with Crippen molar-refractivity contribution in [3.63, 3.8) is 0 Å². The van der Waals surface area contributed by atoms with Gasteiger partial charge < -0.3 is 0 Å². The molecule has 1 atom stereocenters. The van der Waals surface area contributed by atoms with E-state index >= 15 is 0 Å². The molecule has 2 heterocycles. The fourth-order valence-electron chi connectivity index (χ4n) is 11.3. The van der Waals surface area contributed by atoms with Gasteiger partial charge in [0.25, 0.3) is 0 Å². The molecule has 64 heavy (non-hydrogen) atoms. The third kappa shape index (κ3) is 5.19. The van der Waals surface area contributed by atoms with E-state index in [9.17, 15) is 0 Å². The average molecular weight is 816 g/mol. The lowest BCUT2D eigenvalue weighted by molar-refractivity contribution is 0.660. The van der Waals surface area contributed by atoms with Crippen LogP contribution in [0.4, 0.5) is 0 Å². The predicted octanol–water partition coefficient (Wildman–Crippen LogP) is 14.9. The van der Waals surface area contributed by atoms with E-state index in [1.807, 2.05) is 24.5 Å². The largest absolute Gasteiger partial charge is 0.264 e. The second kappa shape index (κ2) is 13.7. The molecule has 300 valence electrons. The lowest BCUT2D eigenvalue weighted by Crippen LogP contribution is -2.29. The lowest BCUT2D eigenvalue weighted by atomic mass is 9.65. The molecule has 0 saturated heterocycles. The van der Waals surface area contributed by atoms with E-state index in [0.717, 1.165) is 39.2 Å². The molecule has 0 radical (unpaired) electrons. The van der Waals surface area contributed by atoms with Gasteiger partial charge in [-0.25, -0.2) is 9.97 Å². The maximum Gasteiger partial charge on any atom is 0.160 e. The molecule has 1 unspecified atom stereocenters. The molecule has 0 saturated carbocycles. The van der Waals surface area contributed by atoms with E-state index < -0.39 is 5.41 Å². The van der Waals surface area contributed by atoms with Gasteiger partial charge in [-0.2, -0.15) is 0 Å². The molecule has 0 aliphatic heterocycles. The average Bonchev–Trinajstić information content (AvgIpc) is 3.73. The maximum atomic E-state index is 5.40. The molecule has 2 aromatic heterocycles. The third-order valence-electron chi connectivity index (χ3n) is 14.2. The molecule has 0 fully saturated rings. The summed E-state index contributed by atoms with van der Waals surface area (Å²) in [5.74, 6) is 0.693. The molecule has 0 bridgehead atoms. The minimum Gasteiger partial charge on any atom is -0.264 e. The number of nitrogens with zero attached hydrogens (tertiary/aromatic N) is 3. The van der Waals surface area contributed by atoms with Crippen molar-refractivity contribution < 1.29 is 0 Å². The number of rotatable bonds is 4. The minimum absolute atomic E-state index is 0.130. The van der Waals surface area contributed by atoms with Crippen molar-refractivity contribution in [1.82, 2.24) is 15.0 Å². The van der Waals surface area contributed by atoms with E-state index in [0.29, 0.717) is 5.82 Å². The first-order chi connectivity index (χ1) is 31.5. The first kappa shape index (κ1) is 36.6. The normalized spacial score (nSPS) is 15.5. The molecule has 13 rings (SSSR count). The Bertz CT molecular complexity index is 3510. The molecule has 3 aliphatic carbocycles. The van der Waals surface area contributed by atoms with Crippen LogP contribution >= 0.6 is 0 Å². The molecule has 0 N–H and O–H groups in total. The highest BCUT2D eigenvalue weighted by Crippen LogP contribution is 2.64. The van der Waals surface area contributed by atoms with Crippen LogP contribution in [0.5, 0.6) is 0 Å². The number of hydrogen-bond donors (Lipinski definition) is 0. The van der Waals surface area contributed by atoms with Gasteiger partial charge in [0, 0.05) is 34.5 Å². The zero-order valence-corrected chi connectivity index (χ0v) is 35.5. The van der Waals surface area contributed by atoms with Crippen molar-refractivity contribution in [2.24, 2.45) is 0 Å². The number of benzene rings is 8. The minimum atomic E-state index is -0.649. The lowest BCUT2D eigenvalue weighted by Gasteiger charge is -2.36. The number of fused-ring (bicyclic) bond motifs is 15. The number of hydrogen-bond acceptors (Lipinski definition) is 3. The first-order valence-electron chi connectivity index (χ1n) is 22.2.